The number of aryl methyl sites for hydroxylation is 1. The number of rotatable bonds is 2. The molecule has 5 heteroatoms. The van der Waals surface area contributed by atoms with Crippen molar-refractivity contribution in [1.82, 2.24) is 4.98 Å². The first-order valence-electron chi connectivity index (χ1n) is 4.58. The normalized spacial score (nSPS) is 10.4. The predicted molar refractivity (Wildman–Crippen MR) is 64.6 cm³/mol. The van der Waals surface area contributed by atoms with Gasteiger partial charge in [-0.15, -0.1) is 0 Å². The van der Waals surface area contributed by atoms with Gasteiger partial charge < -0.3 is 4.98 Å². The maximum atomic E-state index is 12.1. The van der Waals surface area contributed by atoms with Gasteiger partial charge in [0.2, 0.25) is 5.78 Å². The Morgan fingerprint density at radius 1 is 1.38 bits per heavy atom. The van der Waals surface area contributed by atoms with Crippen molar-refractivity contribution in [3.63, 3.8) is 0 Å². The van der Waals surface area contributed by atoms with E-state index in [-0.39, 0.29) is 10.7 Å². The van der Waals surface area contributed by atoms with Crippen LogP contribution in [0.1, 0.15) is 20.9 Å². The number of thiazole rings is 1. The van der Waals surface area contributed by atoms with E-state index >= 15 is 0 Å². The maximum absolute atomic E-state index is 12.1. The smallest absolute Gasteiger partial charge is 0.305 e. The van der Waals surface area contributed by atoms with Crippen molar-refractivity contribution < 1.29 is 4.79 Å². The molecule has 3 nitrogen and oxygen atoms in total. The van der Waals surface area contributed by atoms with Crippen LogP contribution in [0.25, 0.3) is 0 Å². The number of aromatic nitrogens is 1. The first-order chi connectivity index (χ1) is 7.59. The lowest BCUT2D eigenvalue weighted by molar-refractivity contribution is 0.104. The van der Waals surface area contributed by atoms with Gasteiger partial charge in [0.15, 0.2) is 0 Å². The Labute approximate surface area is 101 Å². The molecule has 0 fully saturated rings. The lowest BCUT2D eigenvalue weighted by Crippen LogP contribution is -2.01. The molecule has 82 valence electrons. The molecule has 1 aromatic carbocycles. The van der Waals surface area contributed by atoms with Crippen molar-refractivity contribution in [1.29, 1.82) is 0 Å². The van der Waals surface area contributed by atoms with Crippen LogP contribution in [0.2, 0.25) is 5.02 Å². The van der Waals surface area contributed by atoms with Crippen molar-refractivity contribution in [2.75, 3.05) is 0 Å². The van der Waals surface area contributed by atoms with E-state index in [2.05, 4.69) is 4.98 Å². The first-order valence-corrected chi connectivity index (χ1v) is 5.78. The molecular weight excluding hydrogens is 246 g/mol. The third-order valence-electron chi connectivity index (χ3n) is 2.15. The van der Waals surface area contributed by atoms with Crippen LogP contribution in [-0.4, -0.2) is 10.8 Å². The van der Waals surface area contributed by atoms with Gasteiger partial charge in [-0.2, -0.15) is 0 Å². The number of benzene rings is 1. The second-order valence-electron chi connectivity index (χ2n) is 3.28. The Balaban J connectivity index is 2.51. The molecule has 0 amide bonds. The number of hydrogen-bond donors (Lipinski definition) is 1. The van der Waals surface area contributed by atoms with Gasteiger partial charge in [0.1, 0.15) is 0 Å². The molecule has 0 saturated carbocycles. The van der Waals surface area contributed by atoms with Crippen molar-refractivity contribution in [3.05, 3.63) is 55.1 Å². The van der Waals surface area contributed by atoms with E-state index in [0.717, 1.165) is 11.3 Å². The number of hydrogen-bond acceptors (Lipinski definition) is 3. The van der Waals surface area contributed by atoms with Crippen LogP contribution in [0.5, 0.6) is 0 Å². The standard InChI is InChI=1S/C11H8ClNO2S/c1-6-10(16-11(15)13-6)9(14)7-4-2-3-5-8(7)12/h2-5H,1H3,(H,13,15). The summed E-state index contributed by atoms with van der Waals surface area (Å²) in [7, 11) is 0. The van der Waals surface area contributed by atoms with Crippen molar-refractivity contribution >= 4 is 28.7 Å². The van der Waals surface area contributed by atoms with E-state index in [9.17, 15) is 9.59 Å². The summed E-state index contributed by atoms with van der Waals surface area (Å²) in [6.45, 7) is 1.70. The van der Waals surface area contributed by atoms with Crippen LogP contribution < -0.4 is 4.87 Å². The molecule has 2 aromatic rings. The molecule has 1 aromatic heterocycles. The van der Waals surface area contributed by atoms with Gasteiger partial charge in [0.25, 0.3) is 0 Å². The molecule has 1 heterocycles. The van der Waals surface area contributed by atoms with E-state index in [1.807, 2.05) is 0 Å². The fraction of sp³-hybridized carbons (Fsp3) is 0.0909. The lowest BCUT2D eigenvalue weighted by atomic mass is 10.1. The molecule has 0 bridgehead atoms. The summed E-state index contributed by atoms with van der Waals surface area (Å²) in [6, 6.07) is 6.79. The second kappa shape index (κ2) is 4.23. The van der Waals surface area contributed by atoms with E-state index in [1.54, 1.807) is 31.2 Å². The molecule has 2 rings (SSSR count). The highest BCUT2D eigenvalue weighted by molar-refractivity contribution is 7.11. The molecule has 0 radical (unpaired) electrons. The Morgan fingerprint density at radius 2 is 2.06 bits per heavy atom. The van der Waals surface area contributed by atoms with Crippen LogP contribution in [0.3, 0.4) is 0 Å². The van der Waals surface area contributed by atoms with Gasteiger partial charge in [-0.3, -0.25) is 9.59 Å². The number of ketones is 1. The average molecular weight is 254 g/mol. The predicted octanol–water partition coefficient (Wildman–Crippen LogP) is 2.63. The van der Waals surface area contributed by atoms with E-state index in [4.69, 9.17) is 11.6 Å². The highest BCUT2D eigenvalue weighted by Gasteiger charge is 2.17. The molecule has 0 saturated heterocycles. The highest BCUT2D eigenvalue weighted by atomic mass is 35.5. The van der Waals surface area contributed by atoms with Gasteiger partial charge in [0, 0.05) is 11.3 Å². The van der Waals surface area contributed by atoms with Crippen molar-refractivity contribution in [2.24, 2.45) is 0 Å². The summed E-state index contributed by atoms with van der Waals surface area (Å²) < 4.78 is 0. The van der Waals surface area contributed by atoms with Gasteiger partial charge in [-0.05, 0) is 19.1 Å². The molecule has 1 N–H and O–H groups in total. The SMILES string of the molecule is Cc1[nH]c(=O)sc1C(=O)c1ccccc1Cl. The fourth-order valence-electron chi connectivity index (χ4n) is 1.39. The molecular formula is C11H8ClNO2S. The fourth-order valence-corrected chi connectivity index (χ4v) is 2.41. The summed E-state index contributed by atoms with van der Waals surface area (Å²) in [4.78, 5) is 25.9. The minimum Gasteiger partial charge on any atom is -0.316 e. The molecule has 0 unspecified atom stereocenters. The van der Waals surface area contributed by atoms with Gasteiger partial charge in [-0.25, -0.2) is 0 Å². The number of aromatic amines is 1. The summed E-state index contributed by atoms with van der Waals surface area (Å²) in [5, 5.41) is 0.396. The Kier molecular flexibility index (Phi) is 2.94. The van der Waals surface area contributed by atoms with E-state index < -0.39 is 0 Å². The molecule has 0 aliphatic rings. The van der Waals surface area contributed by atoms with Crippen LogP contribution in [0.15, 0.2) is 29.1 Å². The van der Waals surface area contributed by atoms with Gasteiger partial charge in [0.05, 0.1) is 9.90 Å². The molecule has 16 heavy (non-hydrogen) atoms. The van der Waals surface area contributed by atoms with Gasteiger partial charge in [-0.1, -0.05) is 35.1 Å². The quantitative estimate of drug-likeness (QED) is 0.837. The van der Waals surface area contributed by atoms with Crippen molar-refractivity contribution in [3.8, 4) is 0 Å². The Morgan fingerprint density at radius 3 is 2.62 bits per heavy atom. The summed E-state index contributed by atoms with van der Waals surface area (Å²) in [5.41, 5.74) is 1.00. The molecule has 0 aliphatic carbocycles. The van der Waals surface area contributed by atoms with Crippen LogP contribution in [-0.2, 0) is 0 Å². The molecule has 0 atom stereocenters. The monoisotopic (exact) mass is 253 g/mol. The third kappa shape index (κ3) is 1.94. The number of carbonyl (C=O) groups is 1. The molecule has 0 spiro atoms. The molecule has 0 aliphatic heterocycles. The zero-order valence-electron chi connectivity index (χ0n) is 8.41. The minimum atomic E-state index is -0.229. The summed E-state index contributed by atoms with van der Waals surface area (Å²) in [5.74, 6) is -0.216. The topological polar surface area (TPSA) is 49.9 Å². The lowest BCUT2D eigenvalue weighted by Gasteiger charge is -2.01. The van der Waals surface area contributed by atoms with E-state index in [1.165, 1.54) is 0 Å². The second-order valence-corrected chi connectivity index (χ2v) is 4.67. The maximum Gasteiger partial charge on any atom is 0.305 e. The summed E-state index contributed by atoms with van der Waals surface area (Å²) >= 11 is 6.83. The largest absolute Gasteiger partial charge is 0.316 e. The minimum absolute atomic E-state index is 0.216. The van der Waals surface area contributed by atoms with Gasteiger partial charge >= 0.3 is 4.87 Å². The van der Waals surface area contributed by atoms with Crippen molar-refractivity contribution in [2.45, 2.75) is 6.92 Å². The zero-order chi connectivity index (χ0) is 11.7. The zero-order valence-corrected chi connectivity index (χ0v) is 9.98. The number of carbonyl (C=O) groups excluding carboxylic acids is 1. The number of H-pyrrole nitrogens is 1. The van der Waals surface area contributed by atoms with Crippen LogP contribution in [0.4, 0.5) is 0 Å². The van der Waals surface area contributed by atoms with E-state index in [0.29, 0.717) is 21.2 Å². The Bertz CT molecular complexity index is 600. The first kappa shape index (κ1) is 11.1. The highest BCUT2D eigenvalue weighted by Crippen LogP contribution is 2.21. The average Bonchev–Trinajstić information content (AvgIpc) is 2.58. The number of nitrogens with one attached hydrogen (secondary N) is 1. The van der Waals surface area contributed by atoms with Crippen LogP contribution >= 0.6 is 22.9 Å². The van der Waals surface area contributed by atoms with Crippen LogP contribution in [0, 0.1) is 6.92 Å². The summed E-state index contributed by atoms with van der Waals surface area (Å²) in [6.07, 6.45) is 0. The number of halogens is 1. The Hall–Kier alpha value is -1.39. The third-order valence-corrected chi connectivity index (χ3v) is 3.46.